The predicted molar refractivity (Wildman–Crippen MR) is 73.3 cm³/mol. The summed E-state index contributed by atoms with van der Waals surface area (Å²) in [5.74, 6) is -0.0313. The Bertz CT molecular complexity index is 569. The van der Waals surface area contributed by atoms with E-state index in [1.54, 1.807) is 19.2 Å². The molecule has 0 radical (unpaired) electrons. The number of thioether (sulfide) groups is 1. The molecule has 0 atom stereocenters. The molecular weight excluding hydrogens is 268 g/mol. The summed E-state index contributed by atoms with van der Waals surface area (Å²) >= 11 is 1.44. The SMILES string of the molecule is COc1cc(N)ccc1SCc1cc(F)cc(F)c1. The minimum Gasteiger partial charge on any atom is -0.496 e. The van der Waals surface area contributed by atoms with Gasteiger partial charge in [0.1, 0.15) is 17.4 Å². The molecule has 0 unspecified atom stereocenters. The van der Waals surface area contributed by atoms with Crippen LogP contribution in [0.15, 0.2) is 41.3 Å². The quantitative estimate of drug-likeness (QED) is 0.683. The van der Waals surface area contributed by atoms with E-state index in [1.165, 1.54) is 23.9 Å². The van der Waals surface area contributed by atoms with Gasteiger partial charge in [0.25, 0.3) is 0 Å². The minimum absolute atomic E-state index is 0.453. The maximum Gasteiger partial charge on any atom is 0.134 e. The summed E-state index contributed by atoms with van der Waals surface area (Å²) in [5.41, 5.74) is 6.86. The highest BCUT2D eigenvalue weighted by atomic mass is 32.2. The lowest BCUT2D eigenvalue weighted by Gasteiger charge is -2.09. The van der Waals surface area contributed by atoms with E-state index in [0.29, 0.717) is 22.8 Å². The average molecular weight is 281 g/mol. The van der Waals surface area contributed by atoms with Gasteiger partial charge >= 0.3 is 0 Å². The average Bonchev–Trinajstić information content (AvgIpc) is 2.36. The number of benzene rings is 2. The second kappa shape index (κ2) is 5.93. The summed E-state index contributed by atoms with van der Waals surface area (Å²) in [6.07, 6.45) is 0. The predicted octanol–water partition coefficient (Wildman–Crippen LogP) is 3.85. The molecule has 19 heavy (non-hydrogen) atoms. The third kappa shape index (κ3) is 3.61. The highest BCUT2D eigenvalue weighted by Crippen LogP contribution is 2.33. The van der Waals surface area contributed by atoms with E-state index in [9.17, 15) is 8.78 Å². The van der Waals surface area contributed by atoms with Crippen molar-refractivity contribution in [1.29, 1.82) is 0 Å². The Hall–Kier alpha value is -1.75. The molecule has 0 aliphatic heterocycles. The van der Waals surface area contributed by atoms with Gasteiger partial charge in [-0.2, -0.15) is 0 Å². The van der Waals surface area contributed by atoms with Gasteiger partial charge in [-0.15, -0.1) is 11.8 Å². The van der Waals surface area contributed by atoms with Crippen molar-refractivity contribution in [2.24, 2.45) is 0 Å². The first-order valence-electron chi connectivity index (χ1n) is 5.60. The molecule has 0 spiro atoms. The normalized spacial score (nSPS) is 10.5. The van der Waals surface area contributed by atoms with Crippen LogP contribution in [0.25, 0.3) is 0 Å². The molecule has 0 aliphatic rings. The van der Waals surface area contributed by atoms with Crippen LogP contribution in [-0.4, -0.2) is 7.11 Å². The van der Waals surface area contributed by atoms with Crippen molar-refractivity contribution in [3.8, 4) is 5.75 Å². The Morgan fingerprint density at radius 1 is 1.11 bits per heavy atom. The molecule has 2 aromatic rings. The van der Waals surface area contributed by atoms with Gasteiger partial charge in [-0.05, 0) is 29.8 Å². The van der Waals surface area contributed by atoms with E-state index in [-0.39, 0.29) is 0 Å². The zero-order valence-electron chi connectivity index (χ0n) is 10.3. The highest BCUT2D eigenvalue weighted by Gasteiger charge is 2.06. The number of anilines is 1. The van der Waals surface area contributed by atoms with Crippen LogP contribution in [0.2, 0.25) is 0 Å². The third-order valence-electron chi connectivity index (χ3n) is 2.50. The van der Waals surface area contributed by atoms with Crippen LogP contribution >= 0.6 is 11.8 Å². The van der Waals surface area contributed by atoms with Gasteiger partial charge in [0.15, 0.2) is 0 Å². The van der Waals surface area contributed by atoms with Crippen molar-refractivity contribution in [3.05, 3.63) is 53.6 Å². The summed E-state index contributed by atoms with van der Waals surface area (Å²) in [5, 5.41) is 0. The van der Waals surface area contributed by atoms with E-state index < -0.39 is 11.6 Å². The Kier molecular flexibility index (Phi) is 4.27. The van der Waals surface area contributed by atoms with E-state index in [2.05, 4.69) is 0 Å². The molecule has 0 aromatic heterocycles. The lowest BCUT2D eigenvalue weighted by atomic mass is 10.2. The van der Waals surface area contributed by atoms with Gasteiger partial charge in [-0.1, -0.05) is 0 Å². The molecule has 0 heterocycles. The maximum atomic E-state index is 13.1. The van der Waals surface area contributed by atoms with Gasteiger partial charge in [-0.25, -0.2) is 8.78 Å². The summed E-state index contributed by atoms with van der Waals surface area (Å²) in [4.78, 5) is 0.876. The number of nitrogens with two attached hydrogens (primary N) is 1. The summed E-state index contributed by atoms with van der Waals surface area (Å²) < 4.78 is 31.3. The van der Waals surface area contributed by atoms with Gasteiger partial charge in [0.05, 0.1) is 7.11 Å². The number of hydrogen-bond acceptors (Lipinski definition) is 3. The van der Waals surface area contributed by atoms with Crippen LogP contribution in [0.4, 0.5) is 14.5 Å². The first-order valence-corrected chi connectivity index (χ1v) is 6.58. The molecule has 100 valence electrons. The Labute approximate surface area is 114 Å². The van der Waals surface area contributed by atoms with Crippen molar-refractivity contribution in [1.82, 2.24) is 0 Å². The van der Waals surface area contributed by atoms with E-state index in [0.717, 1.165) is 11.0 Å². The van der Waals surface area contributed by atoms with Crippen molar-refractivity contribution in [2.75, 3.05) is 12.8 Å². The fraction of sp³-hybridized carbons (Fsp3) is 0.143. The van der Waals surface area contributed by atoms with Crippen LogP contribution in [0.3, 0.4) is 0 Å². The van der Waals surface area contributed by atoms with Crippen LogP contribution in [0, 0.1) is 11.6 Å². The number of hydrogen-bond donors (Lipinski definition) is 1. The van der Waals surface area contributed by atoms with Crippen molar-refractivity contribution >= 4 is 17.4 Å². The molecule has 2 N–H and O–H groups in total. The second-order valence-corrected chi connectivity index (χ2v) is 4.99. The number of rotatable bonds is 4. The smallest absolute Gasteiger partial charge is 0.134 e. The molecule has 2 aromatic carbocycles. The molecule has 0 fully saturated rings. The van der Waals surface area contributed by atoms with Gasteiger partial charge in [-0.3, -0.25) is 0 Å². The molecule has 0 saturated heterocycles. The first kappa shape index (κ1) is 13.7. The summed E-state index contributed by atoms with van der Waals surface area (Å²) in [7, 11) is 1.56. The largest absolute Gasteiger partial charge is 0.496 e. The Morgan fingerprint density at radius 2 is 1.79 bits per heavy atom. The molecule has 0 bridgehead atoms. The zero-order chi connectivity index (χ0) is 13.8. The number of halogens is 2. The fourth-order valence-electron chi connectivity index (χ4n) is 1.66. The number of nitrogen functional groups attached to an aromatic ring is 1. The van der Waals surface area contributed by atoms with E-state index in [4.69, 9.17) is 10.5 Å². The molecule has 0 aliphatic carbocycles. The maximum absolute atomic E-state index is 13.1. The lowest BCUT2D eigenvalue weighted by molar-refractivity contribution is 0.405. The number of methoxy groups -OCH3 is 1. The topological polar surface area (TPSA) is 35.2 Å². The number of ether oxygens (including phenoxy) is 1. The van der Waals surface area contributed by atoms with Crippen LogP contribution < -0.4 is 10.5 Å². The van der Waals surface area contributed by atoms with Crippen LogP contribution in [0.1, 0.15) is 5.56 Å². The lowest BCUT2D eigenvalue weighted by Crippen LogP contribution is -1.91. The molecule has 0 saturated carbocycles. The Morgan fingerprint density at radius 3 is 2.42 bits per heavy atom. The monoisotopic (exact) mass is 281 g/mol. The molecule has 5 heteroatoms. The van der Waals surface area contributed by atoms with Gasteiger partial charge in [0.2, 0.25) is 0 Å². The zero-order valence-corrected chi connectivity index (χ0v) is 11.1. The van der Waals surface area contributed by atoms with Crippen LogP contribution in [-0.2, 0) is 5.75 Å². The molecule has 0 amide bonds. The fourth-order valence-corrected chi connectivity index (χ4v) is 2.60. The minimum atomic E-state index is -0.570. The highest BCUT2D eigenvalue weighted by molar-refractivity contribution is 7.98. The molecule has 2 rings (SSSR count). The van der Waals surface area contributed by atoms with Gasteiger partial charge in [0, 0.05) is 28.5 Å². The van der Waals surface area contributed by atoms with Crippen molar-refractivity contribution in [2.45, 2.75) is 10.6 Å². The second-order valence-electron chi connectivity index (χ2n) is 3.98. The van der Waals surface area contributed by atoms with E-state index in [1.807, 2.05) is 6.07 Å². The van der Waals surface area contributed by atoms with Gasteiger partial charge < -0.3 is 10.5 Å². The van der Waals surface area contributed by atoms with E-state index >= 15 is 0 Å². The summed E-state index contributed by atoms with van der Waals surface area (Å²) in [6.45, 7) is 0. The molecular formula is C14H13F2NOS. The Balaban J connectivity index is 2.14. The van der Waals surface area contributed by atoms with Crippen molar-refractivity contribution in [3.63, 3.8) is 0 Å². The first-order chi connectivity index (χ1) is 9.08. The van der Waals surface area contributed by atoms with Crippen molar-refractivity contribution < 1.29 is 13.5 Å². The third-order valence-corrected chi connectivity index (χ3v) is 3.63. The van der Waals surface area contributed by atoms with Crippen LogP contribution in [0.5, 0.6) is 5.75 Å². The molecule has 2 nitrogen and oxygen atoms in total. The summed E-state index contributed by atoms with van der Waals surface area (Å²) in [6, 6.07) is 8.80. The standard InChI is InChI=1S/C14H13F2NOS/c1-18-13-7-12(17)2-3-14(13)19-8-9-4-10(15)6-11(16)5-9/h2-7H,8,17H2,1H3.